The summed E-state index contributed by atoms with van der Waals surface area (Å²) in [5, 5.41) is 2.46. The minimum atomic E-state index is -1.12. The average molecular weight is 360 g/mol. The third-order valence-electron chi connectivity index (χ3n) is 2.94. The minimum Gasteiger partial charge on any atom is -0.352 e. The molecule has 0 bridgehead atoms. The van der Waals surface area contributed by atoms with Crippen LogP contribution in [0.4, 0.5) is 13.2 Å². The first-order valence-corrected chi connectivity index (χ1v) is 8.15. The molecule has 1 N–H and O–H groups in total. The molecule has 0 saturated heterocycles. The summed E-state index contributed by atoms with van der Waals surface area (Å²) in [6.45, 7) is 0.363. The number of rotatable bonds is 6. The number of hydrogen-bond donors (Lipinski definition) is 1. The van der Waals surface area contributed by atoms with E-state index in [9.17, 15) is 18.0 Å². The number of halogens is 4. The van der Waals surface area contributed by atoms with Gasteiger partial charge in [0.05, 0.1) is 10.6 Å². The largest absolute Gasteiger partial charge is 0.352 e. The van der Waals surface area contributed by atoms with Gasteiger partial charge in [0.2, 0.25) is 0 Å². The third-order valence-corrected chi connectivity index (χ3v) is 4.35. The maximum atomic E-state index is 13.1. The fourth-order valence-electron chi connectivity index (χ4n) is 1.79. The van der Waals surface area contributed by atoms with E-state index in [1.54, 1.807) is 12.1 Å². The Morgan fingerprint density at radius 2 is 1.74 bits per heavy atom. The molecular formula is C16H13ClF3NOS. The second-order valence-corrected chi connectivity index (χ2v) is 6.23. The van der Waals surface area contributed by atoms with Crippen molar-refractivity contribution < 1.29 is 18.0 Å². The molecule has 7 heteroatoms. The SMILES string of the molecule is O=C(NCCCSc1ccc(F)cc1)c1cc(F)c(F)cc1Cl. The first-order valence-electron chi connectivity index (χ1n) is 6.78. The maximum absolute atomic E-state index is 13.1. The zero-order valence-electron chi connectivity index (χ0n) is 11.9. The Morgan fingerprint density at radius 1 is 1.09 bits per heavy atom. The molecular weight excluding hydrogens is 347 g/mol. The molecule has 2 rings (SSSR count). The van der Waals surface area contributed by atoms with Gasteiger partial charge in [0, 0.05) is 11.4 Å². The molecule has 1 amide bonds. The Morgan fingerprint density at radius 3 is 2.43 bits per heavy atom. The quantitative estimate of drug-likeness (QED) is 0.461. The Kier molecular flexibility index (Phi) is 6.36. The highest BCUT2D eigenvalue weighted by atomic mass is 35.5. The second kappa shape index (κ2) is 8.26. The smallest absolute Gasteiger partial charge is 0.252 e. The fraction of sp³-hybridized carbons (Fsp3) is 0.188. The summed E-state index contributed by atoms with van der Waals surface area (Å²) in [7, 11) is 0. The van der Waals surface area contributed by atoms with Crippen LogP contribution < -0.4 is 5.32 Å². The molecule has 23 heavy (non-hydrogen) atoms. The molecule has 122 valence electrons. The van der Waals surface area contributed by atoms with Crippen molar-refractivity contribution in [3.8, 4) is 0 Å². The van der Waals surface area contributed by atoms with Crippen LogP contribution >= 0.6 is 23.4 Å². The summed E-state index contributed by atoms with van der Waals surface area (Å²) in [5.74, 6) is -2.34. The third kappa shape index (κ3) is 5.18. The number of amides is 1. The van der Waals surface area contributed by atoms with Crippen LogP contribution in [-0.4, -0.2) is 18.2 Å². The van der Waals surface area contributed by atoms with Crippen LogP contribution in [0.3, 0.4) is 0 Å². The van der Waals surface area contributed by atoms with Gasteiger partial charge in [0.1, 0.15) is 5.82 Å². The van der Waals surface area contributed by atoms with Gasteiger partial charge in [-0.3, -0.25) is 4.79 Å². The van der Waals surface area contributed by atoms with Gasteiger partial charge in [-0.1, -0.05) is 11.6 Å². The number of hydrogen-bond acceptors (Lipinski definition) is 2. The topological polar surface area (TPSA) is 29.1 Å². The van der Waals surface area contributed by atoms with Crippen LogP contribution in [0.5, 0.6) is 0 Å². The predicted octanol–water partition coefficient (Wildman–Crippen LogP) is 4.67. The predicted molar refractivity (Wildman–Crippen MR) is 85.4 cm³/mol. The van der Waals surface area contributed by atoms with E-state index in [-0.39, 0.29) is 16.4 Å². The van der Waals surface area contributed by atoms with Crippen LogP contribution in [0.25, 0.3) is 0 Å². The van der Waals surface area contributed by atoms with Crippen molar-refractivity contribution in [1.29, 1.82) is 0 Å². The molecule has 0 unspecified atom stereocenters. The van der Waals surface area contributed by atoms with Gasteiger partial charge in [-0.05, 0) is 48.6 Å². The Labute approximate surface area is 141 Å². The second-order valence-electron chi connectivity index (χ2n) is 4.66. The van der Waals surface area contributed by atoms with Crippen LogP contribution in [-0.2, 0) is 0 Å². The van der Waals surface area contributed by atoms with Crippen molar-refractivity contribution in [2.24, 2.45) is 0 Å². The van der Waals surface area contributed by atoms with E-state index in [0.717, 1.165) is 22.8 Å². The van der Waals surface area contributed by atoms with Gasteiger partial charge in [0.25, 0.3) is 5.91 Å². The van der Waals surface area contributed by atoms with Crippen molar-refractivity contribution in [1.82, 2.24) is 5.32 Å². The lowest BCUT2D eigenvalue weighted by Crippen LogP contribution is -2.25. The van der Waals surface area contributed by atoms with E-state index >= 15 is 0 Å². The van der Waals surface area contributed by atoms with E-state index in [1.807, 2.05) is 0 Å². The van der Waals surface area contributed by atoms with Gasteiger partial charge in [-0.25, -0.2) is 13.2 Å². The van der Waals surface area contributed by atoms with Crippen molar-refractivity contribution in [2.75, 3.05) is 12.3 Å². The monoisotopic (exact) mass is 359 g/mol. The number of nitrogens with one attached hydrogen (secondary N) is 1. The highest BCUT2D eigenvalue weighted by Gasteiger charge is 2.14. The zero-order chi connectivity index (χ0) is 16.8. The Bertz CT molecular complexity index is 694. The summed E-state index contributed by atoms with van der Waals surface area (Å²) in [6.07, 6.45) is 0.662. The summed E-state index contributed by atoms with van der Waals surface area (Å²) in [5.41, 5.74) is -0.100. The molecule has 0 aliphatic carbocycles. The highest BCUT2D eigenvalue weighted by Crippen LogP contribution is 2.20. The molecule has 2 nitrogen and oxygen atoms in total. The number of benzene rings is 2. The van der Waals surface area contributed by atoms with Crippen molar-refractivity contribution in [3.63, 3.8) is 0 Å². The van der Waals surface area contributed by atoms with E-state index in [0.29, 0.717) is 13.0 Å². The standard InChI is InChI=1S/C16H13ClF3NOS/c17-13-9-15(20)14(19)8-12(13)16(22)21-6-1-7-23-11-4-2-10(18)3-5-11/h2-5,8-9H,1,6-7H2,(H,21,22). The van der Waals surface area contributed by atoms with Gasteiger partial charge >= 0.3 is 0 Å². The van der Waals surface area contributed by atoms with Gasteiger partial charge in [0.15, 0.2) is 11.6 Å². The first kappa shape index (κ1) is 17.7. The summed E-state index contributed by atoms with van der Waals surface area (Å²) in [4.78, 5) is 12.8. The van der Waals surface area contributed by atoms with Crippen LogP contribution in [0.1, 0.15) is 16.8 Å². The Hall–Kier alpha value is -1.66. The van der Waals surface area contributed by atoms with Crippen LogP contribution in [0.2, 0.25) is 5.02 Å². The molecule has 0 atom stereocenters. The molecule has 0 aliphatic rings. The average Bonchev–Trinajstić information content (AvgIpc) is 2.52. The minimum absolute atomic E-state index is 0.100. The van der Waals surface area contributed by atoms with Gasteiger partial charge in [-0.2, -0.15) is 0 Å². The lowest BCUT2D eigenvalue weighted by molar-refractivity contribution is 0.0953. The molecule has 0 aliphatic heterocycles. The van der Waals surface area contributed by atoms with E-state index in [4.69, 9.17) is 11.6 Å². The zero-order valence-corrected chi connectivity index (χ0v) is 13.5. The molecule has 2 aromatic carbocycles. The molecule has 0 aromatic heterocycles. The van der Waals surface area contributed by atoms with Crippen molar-refractivity contribution >= 4 is 29.3 Å². The fourth-order valence-corrected chi connectivity index (χ4v) is 2.88. The van der Waals surface area contributed by atoms with Crippen LogP contribution in [0.15, 0.2) is 41.3 Å². The molecule has 0 heterocycles. The summed E-state index contributed by atoms with van der Waals surface area (Å²) < 4.78 is 38.8. The Balaban J connectivity index is 1.77. The van der Waals surface area contributed by atoms with Gasteiger partial charge in [-0.15, -0.1) is 11.8 Å². The molecule has 0 saturated carbocycles. The molecule has 0 spiro atoms. The lowest BCUT2D eigenvalue weighted by atomic mass is 10.2. The van der Waals surface area contributed by atoms with Crippen molar-refractivity contribution in [3.05, 3.63) is 64.4 Å². The van der Waals surface area contributed by atoms with E-state index in [2.05, 4.69) is 5.32 Å². The summed E-state index contributed by atoms with van der Waals surface area (Å²) >= 11 is 7.26. The lowest BCUT2D eigenvalue weighted by Gasteiger charge is -2.07. The maximum Gasteiger partial charge on any atom is 0.252 e. The first-order chi connectivity index (χ1) is 11.0. The number of carbonyl (C=O) groups is 1. The highest BCUT2D eigenvalue weighted by molar-refractivity contribution is 7.99. The number of thioether (sulfide) groups is 1. The summed E-state index contributed by atoms with van der Waals surface area (Å²) in [6, 6.07) is 7.68. The van der Waals surface area contributed by atoms with E-state index in [1.165, 1.54) is 23.9 Å². The number of carbonyl (C=O) groups excluding carboxylic acids is 1. The molecule has 0 radical (unpaired) electrons. The van der Waals surface area contributed by atoms with E-state index < -0.39 is 17.5 Å². The van der Waals surface area contributed by atoms with Crippen molar-refractivity contribution in [2.45, 2.75) is 11.3 Å². The van der Waals surface area contributed by atoms with Gasteiger partial charge < -0.3 is 5.32 Å². The molecule has 0 fully saturated rings. The van der Waals surface area contributed by atoms with Crippen LogP contribution in [0, 0.1) is 17.5 Å². The molecule has 2 aromatic rings. The normalized spacial score (nSPS) is 10.6.